The van der Waals surface area contributed by atoms with E-state index in [2.05, 4.69) is 0 Å². The summed E-state index contributed by atoms with van der Waals surface area (Å²) < 4.78 is 4.89. The molecule has 0 aromatic carbocycles. The zero-order valence-corrected chi connectivity index (χ0v) is 12.5. The Bertz CT molecular complexity index is 431. The predicted octanol–water partition coefficient (Wildman–Crippen LogP) is -6.88. The molecule has 12 heteroatoms. The van der Waals surface area contributed by atoms with Crippen LogP contribution in [0.2, 0.25) is 0 Å². The van der Waals surface area contributed by atoms with Crippen molar-refractivity contribution in [3.05, 3.63) is 0 Å². The van der Waals surface area contributed by atoms with Crippen molar-refractivity contribution in [1.82, 2.24) is 0 Å². The van der Waals surface area contributed by atoms with E-state index in [-0.39, 0.29) is 0 Å². The Labute approximate surface area is 136 Å². The number of rotatable bonds is 7. The third kappa shape index (κ3) is 3.89. The molecule has 0 spiro atoms. The Morgan fingerprint density at radius 2 is 1.62 bits per heavy atom. The largest absolute Gasteiger partial charge is 0.394 e. The van der Waals surface area contributed by atoms with Gasteiger partial charge in [-0.1, -0.05) is 0 Å². The number of hydrogen-bond donors (Lipinski definition) is 10. The van der Waals surface area contributed by atoms with Crippen molar-refractivity contribution in [3.63, 3.8) is 0 Å². The van der Waals surface area contributed by atoms with Crippen LogP contribution in [-0.4, -0.2) is 120 Å². The summed E-state index contributed by atoms with van der Waals surface area (Å²) in [4.78, 5) is 12.3. The molecule has 0 bridgehead atoms. The molecule has 0 radical (unpaired) electrons. The minimum absolute atomic E-state index is 0.841. The van der Waals surface area contributed by atoms with Crippen LogP contribution in [0.5, 0.6) is 0 Å². The number of ketones is 1. The normalized spacial score (nSPS) is 37.3. The molecule has 11 N–H and O–H groups in total. The molecule has 142 valence electrons. The van der Waals surface area contributed by atoms with Gasteiger partial charge >= 0.3 is 0 Å². The molecular formula is C12H23NO11. The third-order valence-corrected chi connectivity index (χ3v) is 3.90. The second kappa shape index (κ2) is 8.07. The Balaban J connectivity index is 3.01. The summed E-state index contributed by atoms with van der Waals surface area (Å²) in [5.74, 6) is -1.59. The standard InChI is InChI=1S/C12H23NO11/c13-12(23,10(21)5(17)3(16)1-14)11(22)9-8(20)7(19)6(18)4(2-15)24-9/h3-10,14-21,23H,1-2,13H2/t3-,4-,5-,6+,7+,8-,9?,10+,12-/m1/s1. The van der Waals surface area contributed by atoms with E-state index in [1.165, 1.54) is 0 Å². The summed E-state index contributed by atoms with van der Waals surface area (Å²) in [6.45, 7) is -1.85. The number of nitrogens with two attached hydrogens (primary N) is 1. The first-order valence-electron chi connectivity index (χ1n) is 7.01. The van der Waals surface area contributed by atoms with Crippen LogP contribution in [0.15, 0.2) is 0 Å². The van der Waals surface area contributed by atoms with Crippen LogP contribution in [0.25, 0.3) is 0 Å². The maximum atomic E-state index is 12.3. The fourth-order valence-corrected chi connectivity index (χ4v) is 2.27. The number of Topliss-reactive ketones (excluding diaryl/α,β-unsaturated/α-hetero) is 1. The zero-order chi connectivity index (χ0) is 18.8. The smallest absolute Gasteiger partial charge is 0.213 e. The molecule has 0 amide bonds. The molecule has 1 aliphatic heterocycles. The van der Waals surface area contributed by atoms with Crippen molar-refractivity contribution in [1.29, 1.82) is 0 Å². The Kier molecular flexibility index (Phi) is 7.16. The molecule has 1 fully saturated rings. The molecule has 1 rings (SSSR count). The number of aliphatic hydroxyl groups is 9. The van der Waals surface area contributed by atoms with Crippen LogP contribution >= 0.6 is 0 Å². The maximum absolute atomic E-state index is 12.3. The average Bonchev–Trinajstić information content (AvgIpc) is 2.57. The summed E-state index contributed by atoms with van der Waals surface area (Å²) in [6, 6.07) is 0. The molecule has 12 nitrogen and oxygen atoms in total. The van der Waals surface area contributed by atoms with Crippen LogP contribution in [-0.2, 0) is 9.53 Å². The van der Waals surface area contributed by atoms with Crippen molar-refractivity contribution < 1.29 is 55.5 Å². The van der Waals surface area contributed by atoms with Crippen molar-refractivity contribution >= 4 is 5.78 Å². The van der Waals surface area contributed by atoms with Crippen LogP contribution in [0.1, 0.15) is 0 Å². The Morgan fingerprint density at radius 1 is 1.08 bits per heavy atom. The van der Waals surface area contributed by atoms with Crippen LogP contribution in [0.3, 0.4) is 0 Å². The van der Waals surface area contributed by atoms with Gasteiger partial charge in [-0.3, -0.25) is 10.5 Å². The summed E-state index contributed by atoms with van der Waals surface area (Å²) in [6.07, 6.45) is -15.9. The second-order valence-corrected chi connectivity index (χ2v) is 5.62. The van der Waals surface area contributed by atoms with Gasteiger partial charge in [-0.2, -0.15) is 0 Å². The van der Waals surface area contributed by atoms with Gasteiger partial charge in [0.2, 0.25) is 11.5 Å². The number of carbonyl (C=O) groups excluding carboxylic acids is 1. The molecule has 1 unspecified atom stereocenters. The van der Waals surface area contributed by atoms with Gasteiger partial charge < -0.3 is 50.7 Å². The van der Waals surface area contributed by atoms with Gasteiger partial charge in [-0.05, 0) is 0 Å². The highest BCUT2D eigenvalue weighted by Crippen LogP contribution is 2.25. The van der Waals surface area contributed by atoms with E-state index in [0.717, 1.165) is 0 Å². The van der Waals surface area contributed by atoms with Crippen molar-refractivity contribution in [2.24, 2.45) is 5.73 Å². The first-order chi connectivity index (χ1) is 11.0. The summed E-state index contributed by atoms with van der Waals surface area (Å²) >= 11 is 0. The molecule has 24 heavy (non-hydrogen) atoms. The highest BCUT2D eigenvalue weighted by Gasteiger charge is 2.54. The first kappa shape index (κ1) is 21.3. The molecule has 0 saturated carbocycles. The fraction of sp³-hybridized carbons (Fsp3) is 0.917. The second-order valence-electron chi connectivity index (χ2n) is 5.62. The predicted molar refractivity (Wildman–Crippen MR) is 73.0 cm³/mol. The highest BCUT2D eigenvalue weighted by atomic mass is 16.5. The lowest BCUT2D eigenvalue weighted by Crippen LogP contribution is -2.70. The van der Waals surface area contributed by atoms with E-state index in [1.807, 2.05) is 0 Å². The van der Waals surface area contributed by atoms with Gasteiger partial charge in [0.15, 0.2) is 0 Å². The van der Waals surface area contributed by atoms with Gasteiger partial charge in [0.25, 0.3) is 0 Å². The third-order valence-electron chi connectivity index (χ3n) is 3.90. The van der Waals surface area contributed by atoms with Gasteiger partial charge in [-0.25, -0.2) is 0 Å². The van der Waals surface area contributed by atoms with Crippen molar-refractivity contribution in [2.45, 2.75) is 54.6 Å². The molecule has 1 aliphatic rings. The van der Waals surface area contributed by atoms with E-state index >= 15 is 0 Å². The van der Waals surface area contributed by atoms with Gasteiger partial charge in [0, 0.05) is 0 Å². The van der Waals surface area contributed by atoms with Crippen molar-refractivity contribution in [2.75, 3.05) is 13.2 Å². The molecule has 0 aliphatic carbocycles. The topological polar surface area (TPSA) is 234 Å². The Morgan fingerprint density at radius 3 is 2.08 bits per heavy atom. The van der Waals surface area contributed by atoms with E-state index < -0.39 is 73.6 Å². The number of carbonyl (C=O) groups is 1. The minimum atomic E-state index is -3.25. The van der Waals surface area contributed by atoms with E-state index in [4.69, 9.17) is 20.7 Å². The lowest BCUT2D eigenvalue weighted by molar-refractivity contribution is -0.237. The van der Waals surface area contributed by atoms with Crippen molar-refractivity contribution in [3.8, 4) is 0 Å². The molecular weight excluding hydrogens is 334 g/mol. The monoisotopic (exact) mass is 357 g/mol. The van der Waals surface area contributed by atoms with Gasteiger partial charge in [0.1, 0.15) is 48.8 Å². The van der Waals surface area contributed by atoms with Gasteiger partial charge in [-0.15, -0.1) is 0 Å². The van der Waals surface area contributed by atoms with E-state index in [0.29, 0.717) is 0 Å². The van der Waals surface area contributed by atoms with Crippen LogP contribution in [0, 0.1) is 0 Å². The number of aliphatic hydroxyl groups excluding tert-OH is 8. The highest BCUT2D eigenvalue weighted by molar-refractivity contribution is 5.92. The fourth-order valence-electron chi connectivity index (χ4n) is 2.27. The summed E-state index contributed by atoms with van der Waals surface area (Å²) in [7, 11) is 0. The lowest BCUT2D eigenvalue weighted by atomic mass is 9.86. The van der Waals surface area contributed by atoms with Crippen LogP contribution in [0.4, 0.5) is 0 Å². The molecule has 1 saturated heterocycles. The van der Waals surface area contributed by atoms with E-state index in [9.17, 15) is 40.5 Å². The number of ether oxygens (including phenoxy) is 1. The summed E-state index contributed by atoms with van der Waals surface area (Å²) in [5.41, 5.74) is 2.02. The molecule has 9 atom stereocenters. The van der Waals surface area contributed by atoms with Crippen LogP contribution < -0.4 is 5.73 Å². The van der Waals surface area contributed by atoms with E-state index in [1.54, 1.807) is 0 Å². The van der Waals surface area contributed by atoms with Gasteiger partial charge in [0.05, 0.1) is 13.2 Å². The molecule has 1 heterocycles. The SMILES string of the molecule is N[C@](O)(C(=O)C1O[C@H](CO)[C@H](O)[C@H](O)[C@H]1O)[C@@H](O)[C@H](O)[C@H](O)CO. The Hall–Kier alpha value is -0.770. The maximum Gasteiger partial charge on any atom is 0.213 e. The minimum Gasteiger partial charge on any atom is -0.394 e. The molecule has 0 aromatic heterocycles. The summed E-state index contributed by atoms with van der Waals surface area (Å²) in [5, 5.41) is 85.3. The lowest BCUT2D eigenvalue weighted by Gasteiger charge is -2.42. The zero-order valence-electron chi connectivity index (χ0n) is 12.5. The number of hydrogen-bond acceptors (Lipinski definition) is 12. The quantitative estimate of drug-likeness (QED) is 0.191. The average molecular weight is 357 g/mol. The molecule has 0 aromatic rings. The first-order valence-corrected chi connectivity index (χ1v) is 7.01.